The molecule has 0 aliphatic carbocycles. The number of hydrogen-bond donors (Lipinski definition) is 1. The van der Waals surface area contributed by atoms with E-state index in [1.165, 1.54) is 0 Å². The first-order valence-electron chi connectivity index (χ1n) is 7.47. The lowest BCUT2D eigenvalue weighted by Crippen LogP contribution is -2.29. The zero-order chi connectivity index (χ0) is 17.2. The fourth-order valence-corrected chi connectivity index (χ4v) is 3.75. The first-order valence-corrected chi connectivity index (χ1v) is 9.12. The van der Waals surface area contributed by atoms with Crippen LogP contribution in [-0.4, -0.2) is 31.3 Å². The van der Waals surface area contributed by atoms with Crippen molar-refractivity contribution in [2.45, 2.75) is 25.3 Å². The summed E-state index contributed by atoms with van der Waals surface area (Å²) in [5.41, 5.74) is 1.85. The first-order chi connectivity index (χ1) is 11.4. The Hall–Kier alpha value is -1.84. The molecule has 0 saturated carbocycles. The number of ether oxygens (including phenoxy) is 1. The zero-order valence-electron chi connectivity index (χ0n) is 12.8. The summed E-state index contributed by atoms with van der Waals surface area (Å²) in [6.07, 6.45) is 2.45. The van der Waals surface area contributed by atoms with Crippen LogP contribution >= 0.6 is 0 Å². The third kappa shape index (κ3) is 3.97. The molecule has 6 nitrogen and oxygen atoms in total. The molecule has 0 bridgehead atoms. The summed E-state index contributed by atoms with van der Waals surface area (Å²) in [5.74, 6) is -2.03. The molecule has 0 amide bonds. The molecule has 2 heterocycles. The molecular formula is C15H17F2N3O3S. The second-order valence-corrected chi connectivity index (χ2v) is 7.34. The Bertz CT molecular complexity index is 836. The topological polar surface area (TPSA) is 73.2 Å². The summed E-state index contributed by atoms with van der Waals surface area (Å²) in [6, 6.07) is 2.75. The maximum atomic E-state index is 13.5. The zero-order valence-corrected chi connectivity index (χ0v) is 13.7. The van der Waals surface area contributed by atoms with Crippen molar-refractivity contribution in [3.63, 3.8) is 0 Å². The summed E-state index contributed by atoms with van der Waals surface area (Å²) in [6.45, 7) is 1.61. The van der Waals surface area contributed by atoms with E-state index in [0.717, 1.165) is 35.9 Å². The molecule has 1 aliphatic heterocycles. The van der Waals surface area contributed by atoms with Crippen molar-refractivity contribution in [2.75, 3.05) is 13.2 Å². The van der Waals surface area contributed by atoms with Gasteiger partial charge in [0.25, 0.3) is 0 Å². The highest BCUT2D eigenvalue weighted by atomic mass is 32.2. The van der Waals surface area contributed by atoms with Gasteiger partial charge in [0.2, 0.25) is 10.0 Å². The van der Waals surface area contributed by atoms with E-state index in [0.29, 0.717) is 19.8 Å². The van der Waals surface area contributed by atoms with Crippen LogP contribution in [0.3, 0.4) is 0 Å². The molecular weight excluding hydrogens is 340 g/mol. The Balaban J connectivity index is 1.59. The molecule has 3 rings (SSSR count). The lowest BCUT2D eigenvalue weighted by molar-refractivity contribution is 0.109. The van der Waals surface area contributed by atoms with Crippen molar-refractivity contribution in [2.24, 2.45) is 0 Å². The van der Waals surface area contributed by atoms with Gasteiger partial charge in [-0.1, -0.05) is 0 Å². The Labute approximate surface area is 138 Å². The number of aromatic nitrogens is 2. The average molecular weight is 357 g/mol. The molecule has 0 fully saturated rings. The van der Waals surface area contributed by atoms with Crippen LogP contribution < -0.4 is 4.72 Å². The van der Waals surface area contributed by atoms with Crippen molar-refractivity contribution in [1.82, 2.24) is 14.5 Å². The third-order valence-electron chi connectivity index (χ3n) is 3.77. The molecule has 1 aromatic carbocycles. The van der Waals surface area contributed by atoms with E-state index in [1.807, 2.05) is 0 Å². The van der Waals surface area contributed by atoms with Crippen LogP contribution in [0.15, 0.2) is 24.4 Å². The first kappa shape index (κ1) is 17.0. The summed E-state index contributed by atoms with van der Waals surface area (Å²) < 4.78 is 60.2. The number of sulfonamides is 1. The molecule has 0 spiro atoms. The van der Waals surface area contributed by atoms with Crippen molar-refractivity contribution in [3.05, 3.63) is 52.9 Å². The molecule has 0 saturated heterocycles. The second kappa shape index (κ2) is 6.96. The molecule has 24 heavy (non-hydrogen) atoms. The van der Waals surface area contributed by atoms with Gasteiger partial charge in [0.15, 0.2) is 0 Å². The van der Waals surface area contributed by atoms with E-state index in [1.54, 1.807) is 10.9 Å². The number of benzene rings is 1. The number of halogens is 2. The van der Waals surface area contributed by atoms with E-state index in [-0.39, 0.29) is 12.1 Å². The molecule has 9 heteroatoms. The molecule has 130 valence electrons. The minimum absolute atomic E-state index is 0.119. The van der Waals surface area contributed by atoms with Crippen molar-refractivity contribution < 1.29 is 21.9 Å². The molecule has 0 radical (unpaired) electrons. The standard InChI is InChI=1S/C15H17F2N3O3S/c16-13-1-2-14(17)11(7-13)10-24(21,22)19-4-5-20-15-3-6-23-9-12(15)8-18-20/h1-2,7-8,19H,3-6,9-10H2. The van der Waals surface area contributed by atoms with Crippen molar-refractivity contribution in [1.29, 1.82) is 0 Å². The number of fused-ring (bicyclic) bond motifs is 1. The summed E-state index contributed by atoms with van der Waals surface area (Å²) in [7, 11) is -3.77. The van der Waals surface area contributed by atoms with Gasteiger partial charge in [-0.2, -0.15) is 5.10 Å². The predicted molar refractivity (Wildman–Crippen MR) is 82.6 cm³/mol. The van der Waals surface area contributed by atoms with Gasteiger partial charge < -0.3 is 4.74 Å². The molecule has 0 atom stereocenters. The van der Waals surface area contributed by atoms with Crippen LogP contribution in [0, 0.1) is 11.6 Å². The van der Waals surface area contributed by atoms with E-state index >= 15 is 0 Å². The molecule has 0 unspecified atom stereocenters. The molecule has 1 N–H and O–H groups in total. The minimum atomic E-state index is -3.77. The Kier molecular flexibility index (Phi) is 4.93. The van der Waals surface area contributed by atoms with Gasteiger partial charge in [-0.3, -0.25) is 4.68 Å². The fourth-order valence-electron chi connectivity index (χ4n) is 2.62. The largest absolute Gasteiger partial charge is 0.376 e. The fraction of sp³-hybridized carbons (Fsp3) is 0.400. The monoisotopic (exact) mass is 357 g/mol. The van der Waals surface area contributed by atoms with Crippen LogP contribution in [0.25, 0.3) is 0 Å². The van der Waals surface area contributed by atoms with Crippen LogP contribution in [-0.2, 0) is 40.1 Å². The lowest BCUT2D eigenvalue weighted by Gasteiger charge is -2.15. The van der Waals surface area contributed by atoms with E-state index in [9.17, 15) is 17.2 Å². The summed E-state index contributed by atoms with van der Waals surface area (Å²) in [5, 5.41) is 4.22. The van der Waals surface area contributed by atoms with Crippen LogP contribution in [0.4, 0.5) is 8.78 Å². The third-order valence-corrected chi connectivity index (χ3v) is 5.11. The SMILES string of the molecule is O=S(=O)(Cc1cc(F)ccc1F)NCCn1ncc2c1CCOC2. The smallest absolute Gasteiger partial charge is 0.215 e. The quantitative estimate of drug-likeness (QED) is 0.847. The highest BCUT2D eigenvalue weighted by molar-refractivity contribution is 7.88. The Morgan fingerprint density at radius 1 is 1.33 bits per heavy atom. The maximum Gasteiger partial charge on any atom is 0.215 e. The van der Waals surface area contributed by atoms with Crippen LogP contribution in [0.5, 0.6) is 0 Å². The number of rotatable bonds is 6. The number of nitrogens with zero attached hydrogens (tertiary/aromatic N) is 2. The summed E-state index contributed by atoms with van der Waals surface area (Å²) in [4.78, 5) is 0. The Morgan fingerprint density at radius 3 is 3.00 bits per heavy atom. The van der Waals surface area contributed by atoms with E-state index < -0.39 is 27.4 Å². The van der Waals surface area contributed by atoms with Gasteiger partial charge in [0.1, 0.15) is 11.6 Å². The molecule has 1 aromatic heterocycles. The minimum Gasteiger partial charge on any atom is -0.376 e. The maximum absolute atomic E-state index is 13.5. The normalized spacial score (nSPS) is 14.6. The van der Waals surface area contributed by atoms with Crippen LogP contribution in [0.1, 0.15) is 16.8 Å². The highest BCUT2D eigenvalue weighted by Crippen LogP contribution is 2.16. The average Bonchev–Trinajstić information content (AvgIpc) is 2.94. The molecule has 2 aromatic rings. The summed E-state index contributed by atoms with van der Waals surface area (Å²) >= 11 is 0. The predicted octanol–water partition coefficient (Wildman–Crippen LogP) is 1.35. The van der Waals surface area contributed by atoms with Gasteiger partial charge in [0.05, 0.1) is 31.7 Å². The second-order valence-electron chi connectivity index (χ2n) is 5.53. The van der Waals surface area contributed by atoms with Gasteiger partial charge in [-0.25, -0.2) is 21.9 Å². The number of nitrogens with one attached hydrogen (secondary N) is 1. The Morgan fingerprint density at radius 2 is 2.17 bits per heavy atom. The molecule has 1 aliphatic rings. The van der Waals surface area contributed by atoms with Crippen molar-refractivity contribution in [3.8, 4) is 0 Å². The van der Waals surface area contributed by atoms with Gasteiger partial charge in [-0.15, -0.1) is 0 Å². The van der Waals surface area contributed by atoms with Gasteiger partial charge >= 0.3 is 0 Å². The van der Waals surface area contributed by atoms with Crippen molar-refractivity contribution >= 4 is 10.0 Å². The van der Waals surface area contributed by atoms with Gasteiger partial charge in [-0.05, 0) is 18.2 Å². The van der Waals surface area contributed by atoms with E-state index in [2.05, 4.69) is 9.82 Å². The van der Waals surface area contributed by atoms with Gasteiger partial charge in [0, 0.05) is 29.8 Å². The highest BCUT2D eigenvalue weighted by Gasteiger charge is 2.17. The number of hydrogen-bond acceptors (Lipinski definition) is 4. The van der Waals surface area contributed by atoms with E-state index in [4.69, 9.17) is 4.74 Å². The lowest BCUT2D eigenvalue weighted by atomic mass is 10.2. The van der Waals surface area contributed by atoms with Crippen LogP contribution in [0.2, 0.25) is 0 Å².